The van der Waals surface area contributed by atoms with Crippen LogP contribution in [0, 0.1) is 0 Å². The molecular weight excluding hydrogens is 413 g/mol. The van der Waals surface area contributed by atoms with Crippen LogP contribution < -0.4 is 5.32 Å². The Morgan fingerprint density at radius 2 is 1.80 bits per heavy atom. The minimum atomic E-state index is -4.62. The highest BCUT2D eigenvalue weighted by molar-refractivity contribution is 7.12. The number of benzene rings is 2. The van der Waals surface area contributed by atoms with Gasteiger partial charge in [0.2, 0.25) is 0 Å². The molecular formula is C22H17F3N2O2S. The number of fused-ring (bicyclic) bond motifs is 1. The Kier molecular flexibility index (Phi) is 5.34. The predicted octanol–water partition coefficient (Wildman–Crippen LogP) is 5.22. The molecule has 30 heavy (non-hydrogen) atoms. The number of hydrogen-bond donors (Lipinski definition) is 1. The van der Waals surface area contributed by atoms with Crippen LogP contribution in [0.25, 0.3) is 0 Å². The maximum atomic E-state index is 13.2. The fourth-order valence-corrected chi connectivity index (χ4v) is 4.18. The Balaban J connectivity index is 1.54. The quantitative estimate of drug-likeness (QED) is 0.620. The van der Waals surface area contributed by atoms with Crippen LogP contribution in [-0.2, 0) is 19.1 Å². The second kappa shape index (κ2) is 7.95. The van der Waals surface area contributed by atoms with Gasteiger partial charge in [-0.2, -0.15) is 13.2 Å². The van der Waals surface area contributed by atoms with Gasteiger partial charge in [0.25, 0.3) is 11.8 Å². The normalized spacial score (nSPS) is 13.6. The van der Waals surface area contributed by atoms with E-state index in [2.05, 4.69) is 5.32 Å². The summed E-state index contributed by atoms with van der Waals surface area (Å²) < 4.78 is 39.6. The number of anilines is 1. The van der Waals surface area contributed by atoms with E-state index in [1.165, 1.54) is 23.5 Å². The van der Waals surface area contributed by atoms with Gasteiger partial charge >= 0.3 is 6.18 Å². The van der Waals surface area contributed by atoms with Gasteiger partial charge < -0.3 is 10.2 Å². The summed E-state index contributed by atoms with van der Waals surface area (Å²) in [5.41, 5.74) is 0.901. The highest BCUT2D eigenvalue weighted by atomic mass is 32.1. The summed E-state index contributed by atoms with van der Waals surface area (Å²) in [6.07, 6.45) is -3.94. The topological polar surface area (TPSA) is 49.4 Å². The van der Waals surface area contributed by atoms with E-state index in [0.29, 0.717) is 30.1 Å². The largest absolute Gasteiger partial charge is 0.417 e. The predicted molar refractivity (Wildman–Crippen MR) is 109 cm³/mol. The molecule has 0 unspecified atom stereocenters. The molecule has 8 heteroatoms. The van der Waals surface area contributed by atoms with Crippen molar-refractivity contribution >= 4 is 28.8 Å². The van der Waals surface area contributed by atoms with Crippen molar-refractivity contribution in [3.63, 3.8) is 0 Å². The van der Waals surface area contributed by atoms with Gasteiger partial charge in [0, 0.05) is 18.8 Å². The average Bonchev–Trinajstić information content (AvgIpc) is 3.27. The number of nitrogens with one attached hydrogen (secondary N) is 1. The van der Waals surface area contributed by atoms with Crippen LogP contribution in [-0.4, -0.2) is 23.3 Å². The van der Waals surface area contributed by atoms with Crippen LogP contribution in [0.1, 0.15) is 36.7 Å². The lowest BCUT2D eigenvalue weighted by Crippen LogP contribution is -2.35. The number of carbonyl (C=O) groups is 2. The zero-order valence-electron chi connectivity index (χ0n) is 15.7. The number of thiophene rings is 1. The standard InChI is InChI=1S/C22H17F3N2O2S/c23-22(24,25)18-5-2-1-4-17(18)20(28)26-16-8-7-14-9-10-27(13-15(14)12-16)21(29)19-6-3-11-30-19/h1-8,11-12H,9-10,13H2,(H,26,28). The average molecular weight is 430 g/mol. The summed E-state index contributed by atoms with van der Waals surface area (Å²) in [7, 11) is 0. The Labute approximate surface area is 174 Å². The first-order chi connectivity index (χ1) is 14.3. The Morgan fingerprint density at radius 1 is 1.00 bits per heavy atom. The summed E-state index contributed by atoms with van der Waals surface area (Å²) in [5, 5.41) is 4.40. The molecule has 3 aromatic rings. The number of rotatable bonds is 3. The van der Waals surface area contributed by atoms with Gasteiger partial charge in [0.15, 0.2) is 0 Å². The van der Waals surface area contributed by atoms with E-state index in [0.717, 1.165) is 23.3 Å². The van der Waals surface area contributed by atoms with Crippen molar-refractivity contribution in [3.05, 3.63) is 87.1 Å². The van der Waals surface area contributed by atoms with E-state index in [1.807, 2.05) is 17.5 Å². The number of nitrogens with zero attached hydrogens (tertiary/aromatic N) is 1. The summed E-state index contributed by atoms with van der Waals surface area (Å²) in [6, 6.07) is 13.5. The number of amides is 2. The van der Waals surface area contributed by atoms with Crippen molar-refractivity contribution in [1.29, 1.82) is 0 Å². The fourth-order valence-electron chi connectivity index (χ4n) is 3.49. The van der Waals surface area contributed by atoms with Crippen molar-refractivity contribution in [3.8, 4) is 0 Å². The zero-order chi connectivity index (χ0) is 21.3. The van der Waals surface area contributed by atoms with E-state index in [9.17, 15) is 22.8 Å². The van der Waals surface area contributed by atoms with Gasteiger partial charge in [-0.25, -0.2) is 0 Å². The van der Waals surface area contributed by atoms with Crippen molar-refractivity contribution in [1.82, 2.24) is 4.90 Å². The summed E-state index contributed by atoms with van der Waals surface area (Å²) in [4.78, 5) is 27.5. The third-order valence-corrected chi connectivity index (χ3v) is 5.83. The highest BCUT2D eigenvalue weighted by Gasteiger charge is 2.35. The van der Waals surface area contributed by atoms with E-state index in [-0.39, 0.29) is 5.91 Å². The molecule has 0 radical (unpaired) electrons. The van der Waals surface area contributed by atoms with Gasteiger partial charge in [-0.3, -0.25) is 9.59 Å². The molecule has 4 rings (SSSR count). The van der Waals surface area contributed by atoms with Gasteiger partial charge in [-0.05, 0) is 53.3 Å². The van der Waals surface area contributed by atoms with Gasteiger partial charge in [0.1, 0.15) is 0 Å². The molecule has 2 heterocycles. The molecule has 0 saturated carbocycles. The molecule has 2 amide bonds. The first kappa shape index (κ1) is 20.2. The molecule has 0 fully saturated rings. The SMILES string of the molecule is O=C(Nc1ccc2c(c1)CN(C(=O)c1cccs1)CC2)c1ccccc1C(F)(F)F. The minimum Gasteiger partial charge on any atom is -0.333 e. The molecule has 4 nitrogen and oxygen atoms in total. The second-order valence-electron chi connectivity index (χ2n) is 6.93. The zero-order valence-corrected chi connectivity index (χ0v) is 16.5. The Hall–Kier alpha value is -3.13. The van der Waals surface area contributed by atoms with Crippen LogP contribution in [0.2, 0.25) is 0 Å². The number of alkyl halides is 3. The van der Waals surface area contributed by atoms with Gasteiger partial charge in [-0.15, -0.1) is 11.3 Å². The first-order valence-corrected chi connectivity index (χ1v) is 10.1. The van der Waals surface area contributed by atoms with Crippen LogP contribution >= 0.6 is 11.3 Å². The maximum absolute atomic E-state index is 13.2. The number of halogens is 3. The first-order valence-electron chi connectivity index (χ1n) is 9.25. The highest BCUT2D eigenvalue weighted by Crippen LogP contribution is 2.32. The van der Waals surface area contributed by atoms with Crippen LogP contribution in [0.15, 0.2) is 60.0 Å². The molecule has 1 aromatic heterocycles. The molecule has 154 valence electrons. The fraction of sp³-hybridized carbons (Fsp3) is 0.182. The molecule has 0 atom stereocenters. The third kappa shape index (κ3) is 4.09. The van der Waals surface area contributed by atoms with E-state index >= 15 is 0 Å². The molecule has 0 bridgehead atoms. The maximum Gasteiger partial charge on any atom is 0.417 e. The van der Waals surface area contributed by atoms with Crippen LogP contribution in [0.4, 0.5) is 18.9 Å². The van der Waals surface area contributed by atoms with Gasteiger partial charge in [-0.1, -0.05) is 24.3 Å². The lowest BCUT2D eigenvalue weighted by Gasteiger charge is -2.29. The molecule has 1 N–H and O–H groups in total. The monoisotopic (exact) mass is 430 g/mol. The van der Waals surface area contributed by atoms with Crippen molar-refractivity contribution < 1.29 is 22.8 Å². The molecule has 0 aliphatic carbocycles. The lowest BCUT2D eigenvalue weighted by molar-refractivity contribution is -0.137. The Morgan fingerprint density at radius 3 is 2.53 bits per heavy atom. The van der Waals surface area contributed by atoms with Gasteiger partial charge in [0.05, 0.1) is 16.0 Å². The lowest BCUT2D eigenvalue weighted by atomic mass is 9.98. The minimum absolute atomic E-state index is 0.0517. The van der Waals surface area contributed by atoms with Crippen molar-refractivity contribution in [2.45, 2.75) is 19.1 Å². The summed E-state index contributed by atoms with van der Waals surface area (Å²) in [6.45, 7) is 0.976. The van der Waals surface area contributed by atoms with Crippen LogP contribution in [0.5, 0.6) is 0 Å². The summed E-state index contributed by atoms with van der Waals surface area (Å²) >= 11 is 1.38. The third-order valence-electron chi connectivity index (χ3n) is 4.97. The van der Waals surface area contributed by atoms with Crippen LogP contribution in [0.3, 0.4) is 0 Å². The van der Waals surface area contributed by atoms with E-state index in [1.54, 1.807) is 23.1 Å². The molecule has 1 aliphatic heterocycles. The number of carbonyl (C=O) groups excluding carboxylic acids is 2. The summed E-state index contributed by atoms with van der Waals surface area (Å²) in [5.74, 6) is -0.880. The molecule has 2 aromatic carbocycles. The molecule has 1 aliphatic rings. The second-order valence-corrected chi connectivity index (χ2v) is 7.88. The van der Waals surface area contributed by atoms with Crippen molar-refractivity contribution in [2.75, 3.05) is 11.9 Å². The Bertz CT molecular complexity index is 1090. The molecule has 0 spiro atoms. The van der Waals surface area contributed by atoms with E-state index in [4.69, 9.17) is 0 Å². The van der Waals surface area contributed by atoms with Crippen molar-refractivity contribution in [2.24, 2.45) is 0 Å². The smallest absolute Gasteiger partial charge is 0.333 e. The van der Waals surface area contributed by atoms with E-state index < -0.39 is 23.2 Å². The molecule has 0 saturated heterocycles. The number of hydrogen-bond acceptors (Lipinski definition) is 3.